The molecule has 5 nitrogen and oxygen atoms in total. The molecule has 92 valence electrons. The molecule has 0 amide bonds. The van der Waals surface area contributed by atoms with E-state index in [1.54, 1.807) is 26.0 Å². The fourth-order valence-corrected chi connectivity index (χ4v) is 2.41. The molecule has 2 atom stereocenters. The third-order valence-corrected chi connectivity index (χ3v) is 3.17. The Labute approximate surface area is 99.0 Å². The summed E-state index contributed by atoms with van der Waals surface area (Å²) in [6.45, 7) is 3.44. The predicted molar refractivity (Wildman–Crippen MR) is 58.1 cm³/mol. The molecule has 0 aromatic heterocycles. The highest BCUT2D eigenvalue weighted by Crippen LogP contribution is 2.50. The molecular weight excluding hydrogens is 224 g/mol. The Balaban J connectivity index is 2.61. The van der Waals surface area contributed by atoms with E-state index in [2.05, 4.69) is 0 Å². The minimum Gasteiger partial charge on any atom is -0.466 e. The van der Waals surface area contributed by atoms with E-state index in [1.807, 2.05) is 0 Å². The van der Waals surface area contributed by atoms with Gasteiger partial charge in [0.15, 0.2) is 0 Å². The third-order valence-electron chi connectivity index (χ3n) is 3.17. The van der Waals surface area contributed by atoms with Crippen LogP contribution in [0.25, 0.3) is 0 Å². The van der Waals surface area contributed by atoms with Crippen LogP contribution in [-0.2, 0) is 23.8 Å². The zero-order valence-corrected chi connectivity index (χ0v) is 10.2. The van der Waals surface area contributed by atoms with Gasteiger partial charge in [-0.25, -0.2) is 9.59 Å². The highest BCUT2D eigenvalue weighted by Gasteiger charge is 2.57. The summed E-state index contributed by atoms with van der Waals surface area (Å²) in [6.07, 6.45) is 3.51. The summed E-state index contributed by atoms with van der Waals surface area (Å²) in [5.41, 5.74) is -1.38. The van der Waals surface area contributed by atoms with Gasteiger partial charge in [0.1, 0.15) is 11.2 Å². The minimum absolute atomic E-state index is 0.219. The average molecular weight is 238 g/mol. The monoisotopic (exact) mass is 238 g/mol. The molecule has 0 aromatic carbocycles. The molecular formula is C12H14O5. The first kappa shape index (κ1) is 11.9. The molecule has 0 fully saturated rings. The Morgan fingerprint density at radius 1 is 1.00 bits per heavy atom. The highest BCUT2D eigenvalue weighted by atomic mass is 16.6. The summed E-state index contributed by atoms with van der Waals surface area (Å²) in [5, 5.41) is 0. The quantitative estimate of drug-likeness (QED) is 0.524. The van der Waals surface area contributed by atoms with Crippen molar-refractivity contribution in [2.24, 2.45) is 0 Å². The van der Waals surface area contributed by atoms with Crippen LogP contribution in [0.4, 0.5) is 0 Å². The van der Waals surface area contributed by atoms with Crippen molar-refractivity contribution in [3.05, 3.63) is 23.3 Å². The molecule has 2 bridgehead atoms. The van der Waals surface area contributed by atoms with Crippen molar-refractivity contribution in [1.82, 2.24) is 0 Å². The van der Waals surface area contributed by atoms with Crippen LogP contribution in [0.1, 0.15) is 13.8 Å². The molecule has 0 N–H and O–H groups in total. The Kier molecular flexibility index (Phi) is 2.39. The fourth-order valence-electron chi connectivity index (χ4n) is 2.41. The largest absolute Gasteiger partial charge is 0.466 e. The predicted octanol–water partition coefficient (Wildman–Crippen LogP) is 0.746. The summed E-state index contributed by atoms with van der Waals surface area (Å²) >= 11 is 0. The van der Waals surface area contributed by atoms with Gasteiger partial charge in [-0.05, 0) is 26.0 Å². The zero-order chi connectivity index (χ0) is 12.8. The lowest BCUT2D eigenvalue weighted by atomic mass is 9.83. The maximum atomic E-state index is 11.8. The van der Waals surface area contributed by atoms with Gasteiger partial charge in [0.05, 0.1) is 25.4 Å². The van der Waals surface area contributed by atoms with Crippen molar-refractivity contribution in [2.75, 3.05) is 14.2 Å². The van der Waals surface area contributed by atoms with Crippen LogP contribution in [-0.4, -0.2) is 37.4 Å². The van der Waals surface area contributed by atoms with Crippen LogP contribution in [0.5, 0.6) is 0 Å². The molecule has 0 saturated carbocycles. The number of carbonyl (C=O) groups excluding carboxylic acids is 2. The summed E-state index contributed by atoms with van der Waals surface area (Å²) in [6, 6.07) is 0. The van der Waals surface area contributed by atoms with Gasteiger partial charge >= 0.3 is 11.9 Å². The number of fused-ring (bicyclic) bond motifs is 2. The number of esters is 2. The van der Waals surface area contributed by atoms with Crippen LogP contribution in [0.3, 0.4) is 0 Å². The van der Waals surface area contributed by atoms with E-state index in [-0.39, 0.29) is 11.1 Å². The van der Waals surface area contributed by atoms with E-state index in [1.165, 1.54) is 14.2 Å². The Morgan fingerprint density at radius 3 is 1.65 bits per heavy atom. The standard InChI is InChI=1S/C12H14O5/c1-11-5-6-12(2,17-11)8(10(14)16-4)7(11)9(13)15-3/h5-6H,1-4H3. The third kappa shape index (κ3) is 1.42. The smallest absolute Gasteiger partial charge is 0.337 e. The highest BCUT2D eigenvalue weighted by molar-refractivity contribution is 6.05. The molecule has 2 aliphatic heterocycles. The molecule has 2 unspecified atom stereocenters. The number of methoxy groups -OCH3 is 2. The normalized spacial score (nSPS) is 34.1. The van der Waals surface area contributed by atoms with Crippen LogP contribution in [0.2, 0.25) is 0 Å². The van der Waals surface area contributed by atoms with Gasteiger partial charge in [0.2, 0.25) is 0 Å². The van der Waals surface area contributed by atoms with Crippen molar-refractivity contribution in [3.8, 4) is 0 Å². The number of ether oxygens (including phenoxy) is 3. The van der Waals surface area contributed by atoms with Crippen molar-refractivity contribution in [2.45, 2.75) is 25.0 Å². The summed E-state index contributed by atoms with van der Waals surface area (Å²) in [5.74, 6) is -1.14. The molecule has 0 radical (unpaired) electrons. The number of carbonyl (C=O) groups is 2. The summed E-state index contributed by atoms with van der Waals surface area (Å²) in [7, 11) is 2.54. The second kappa shape index (κ2) is 3.43. The minimum atomic E-state index is -0.911. The summed E-state index contributed by atoms with van der Waals surface area (Å²) < 4.78 is 15.1. The molecule has 2 heterocycles. The van der Waals surface area contributed by atoms with E-state index in [0.29, 0.717) is 0 Å². The number of hydrogen-bond donors (Lipinski definition) is 0. The second-order valence-corrected chi connectivity index (χ2v) is 4.38. The Hall–Kier alpha value is -1.62. The van der Waals surface area contributed by atoms with Gasteiger partial charge in [0.25, 0.3) is 0 Å². The molecule has 2 aliphatic rings. The van der Waals surface area contributed by atoms with E-state index >= 15 is 0 Å². The molecule has 0 spiro atoms. The Morgan fingerprint density at radius 2 is 1.35 bits per heavy atom. The second-order valence-electron chi connectivity index (χ2n) is 4.38. The molecule has 17 heavy (non-hydrogen) atoms. The lowest BCUT2D eigenvalue weighted by molar-refractivity contribution is -0.139. The van der Waals surface area contributed by atoms with Crippen molar-refractivity contribution in [1.29, 1.82) is 0 Å². The van der Waals surface area contributed by atoms with Crippen molar-refractivity contribution < 1.29 is 23.8 Å². The first-order chi connectivity index (χ1) is 7.88. The molecule has 5 heteroatoms. The topological polar surface area (TPSA) is 61.8 Å². The van der Waals surface area contributed by atoms with Gasteiger partial charge < -0.3 is 14.2 Å². The maximum Gasteiger partial charge on any atom is 0.337 e. The zero-order valence-electron chi connectivity index (χ0n) is 10.2. The van der Waals surface area contributed by atoms with Gasteiger partial charge in [-0.2, -0.15) is 0 Å². The fraction of sp³-hybridized carbons (Fsp3) is 0.500. The summed E-state index contributed by atoms with van der Waals surface area (Å²) in [4.78, 5) is 23.6. The Bertz CT molecular complexity index is 422. The number of rotatable bonds is 2. The lowest BCUT2D eigenvalue weighted by Crippen LogP contribution is -2.29. The molecule has 0 aromatic rings. The van der Waals surface area contributed by atoms with Gasteiger partial charge in [0, 0.05) is 0 Å². The molecule has 0 saturated heterocycles. The SMILES string of the molecule is COC(=O)C1=C(C(=O)OC)C2(C)C=CC1(C)O2. The van der Waals surface area contributed by atoms with Crippen molar-refractivity contribution >= 4 is 11.9 Å². The average Bonchev–Trinajstić information content (AvgIpc) is 2.72. The number of hydrogen-bond acceptors (Lipinski definition) is 5. The van der Waals surface area contributed by atoms with Crippen LogP contribution < -0.4 is 0 Å². The lowest BCUT2D eigenvalue weighted by Gasteiger charge is -2.20. The van der Waals surface area contributed by atoms with Gasteiger partial charge in [-0.3, -0.25) is 0 Å². The maximum absolute atomic E-state index is 11.8. The van der Waals surface area contributed by atoms with E-state index in [0.717, 1.165) is 0 Å². The van der Waals surface area contributed by atoms with E-state index < -0.39 is 23.1 Å². The first-order valence-electron chi connectivity index (χ1n) is 5.20. The molecule has 0 aliphatic carbocycles. The van der Waals surface area contributed by atoms with Crippen LogP contribution in [0, 0.1) is 0 Å². The van der Waals surface area contributed by atoms with E-state index in [9.17, 15) is 9.59 Å². The van der Waals surface area contributed by atoms with Gasteiger partial charge in [-0.15, -0.1) is 0 Å². The molecule has 2 rings (SSSR count). The van der Waals surface area contributed by atoms with E-state index in [4.69, 9.17) is 14.2 Å². The van der Waals surface area contributed by atoms with Gasteiger partial charge in [-0.1, -0.05) is 0 Å². The first-order valence-corrected chi connectivity index (χ1v) is 5.20. The van der Waals surface area contributed by atoms with Crippen LogP contribution >= 0.6 is 0 Å². The van der Waals surface area contributed by atoms with Crippen LogP contribution in [0.15, 0.2) is 23.3 Å². The van der Waals surface area contributed by atoms with Crippen molar-refractivity contribution in [3.63, 3.8) is 0 Å².